The Labute approximate surface area is 178 Å². The van der Waals surface area contributed by atoms with Crippen LogP contribution in [0.3, 0.4) is 0 Å². The molecule has 1 atom stereocenters. The molecule has 0 aliphatic heterocycles. The normalized spacial score (nSPS) is 15.3. The Bertz CT molecular complexity index is 1070. The number of carboxylic acid groups (broad SMARTS) is 1. The van der Waals surface area contributed by atoms with Gasteiger partial charge >= 0.3 is 12.1 Å². The lowest BCUT2D eigenvalue weighted by atomic mass is 9.95. The number of nitrogens with one attached hydrogen (secondary N) is 1. The number of carboxylic acids is 1. The van der Waals surface area contributed by atoms with Crippen molar-refractivity contribution in [2.45, 2.75) is 38.2 Å². The van der Waals surface area contributed by atoms with Crippen LogP contribution < -0.4 is 5.32 Å². The van der Waals surface area contributed by atoms with Gasteiger partial charge in [0.1, 0.15) is 6.10 Å². The van der Waals surface area contributed by atoms with Crippen molar-refractivity contribution < 1.29 is 19.4 Å². The number of benzene rings is 2. The number of aryl methyl sites for hydroxylation is 1. The molecule has 3 aromatic rings. The largest absolute Gasteiger partial charge is 0.481 e. The first-order valence-corrected chi connectivity index (χ1v) is 10.5. The standard InChI is InChI=1S/C23H22N2O4S/c1-14-19(24-22(28)29-15(2)16-6-4-3-5-7-16)20(30-25-14)17-8-10-18(11-9-17)23(12-13-23)21(26)27/h3-11,15H,12-13H2,1-2H3,(H,24,28)(H,26,27). The van der Waals surface area contributed by atoms with Crippen LogP contribution in [-0.4, -0.2) is 21.5 Å². The molecular weight excluding hydrogens is 400 g/mol. The van der Waals surface area contributed by atoms with Crippen molar-refractivity contribution in [3.8, 4) is 10.4 Å². The van der Waals surface area contributed by atoms with Crippen molar-refractivity contribution in [3.63, 3.8) is 0 Å². The number of hydrogen-bond donors (Lipinski definition) is 2. The highest BCUT2D eigenvalue weighted by molar-refractivity contribution is 7.10. The van der Waals surface area contributed by atoms with Crippen molar-refractivity contribution in [2.75, 3.05) is 5.32 Å². The van der Waals surface area contributed by atoms with Crippen LogP contribution in [0.1, 0.15) is 42.7 Å². The maximum Gasteiger partial charge on any atom is 0.412 e. The second kappa shape index (κ2) is 7.91. The van der Waals surface area contributed by atoms with Gasteiger partial charge in [-0.25, -0.2) is 4.79 Å². The lowest BCUT2D eigenvalue weighted by Crippen LogP contribution is -2.19. The van der Waals surface area contributed by atoms with Crippen LogP contribution in [0.2, 0.25) is 0 Å². The molecule has 2 N–H and O–H groups in total. The van der Waals surface area contributed by atoms with E-state index in [1.807, 2.05) is 68.4 Å². The number of ether oxygens (including phenoxy) is 1. The summed E-state index contributed by atoms with van der Waals surface area (Å²) in [6.07, 6.45) is 0.404. The third-order valence-electron chi connectivity index (χ3n) is 5.50. The molecule has 1 saturated carbocycles. The first-order chi connectivity index (χ1) is 14.4. The predicted molar refractivity (Wildman–Crippen MR) is 116 cm³/mol. The summed E-state index contributed by atoms with van der Waals surface area (Å²) in [5.41, 5.74) is 3.17. The molecule has 30 heavy (non-hydrogen) atoms. The maximum atomic E-state index is 12.5. The van der Waals surface area contributed by atoms with E-state index < -0.39 is 17.5 Å². The Kier molecular flexibility index (Phi) is 5.30. The van der Waals surface area contributed by atoms with Gasteiger partial charge in [0.2, 0.25) is 0 Å². The molecule has 4 rings (SSSR count). The molecule has 0 spiro atoms. The zero-order valence-corrected chi connectivity index (χ0v) is 17.5. The van der Waals surface area contributed by atoms with E-state index in [4.69, 9.17) is 4.74 Å². The summed E-state index contributed by atoms with van der Waals surface area (Å²) < 4.78 is 9.89. The summed E-state index contributed by atoms with van der Waals surface area (Å²) >= 11 is 1.29. The summed E-state index contributed by atoms with van der Waals surface area (Å²) in [5, 5.41) is 12.3. The third kappa shape index (κ3) is 3.80. The van der Waals surface area contributed by atoms with Crippen molar-refractivity contribution in [3.05, 3.63) is 71.4 Å². The van der Waals surface area contributed by atoms with Gasteiger partial charge in [0.05, 0.1) is 21.7 Å². The second-order valence-corrected chi connectivity index (χ2v) is 8.29. The van der Waals surface area contributed by atoms with Gasteiger partial charge in [-0.1, -0.05) is 54.6 Å². The van der Waals surface area contributed by atoms with Crippen LogP contribution in [0.5, 0.6) is 0 Å². The molecule has 1 fully saturated rings. The Balaban J connectivity index is 1.51. The molecular formula is C23H22N2O4S. The quantitative estimate of drug-likeness (QED) is 0.544. The number of rotatable bonds is 6. The van der Waals surface area contributed by atoms with Crippen LogP contribution in [0.15, 0.2) is 54.6 Å². The highest BCUT2D eigenvalue weighted by atomic mass is 32.1. The number of anilines is 1. The molecule has 1 aliphatic rings. The maximum absolute atomic E-state index is 12.5. The molecule has 1 heterocycles. The summed E-state index contributed by atoms with van der Waals surface area (Å²) in [4.78, 5) is 24.8. The Morgan fingerprint density at radius 3 is 2.40 bits per heavy atom. The van der Waals surface area contributed by atoms with Gasteiger partial charge in [0, 0.05) is 0 Å². The number of hydrogen-bond acceptors (Lipinski definition) is 5. The van der Waals surface area contributed by atoms with E-state index >= 15 is 0 Å². The predicted octanol–water partition coefficient (Wildman–Crippen LogP) is 5.54. The average Bonchev–Trinajstić information content (AvgIpc) is 3.49. The van der Waals surface area contributed by atoms with Crippen LogP contribution >= 0.6 is 11.5 Å². The topological polar surface area (TPSA) is 88.5 Å². The summed E-state index contributed by atoms with van der Waals surface area (Å²) in [6, 6.07) is 17.0. The first-order valence-electron chi connectivity index (χ1n) is 9.74. The lowest BCUT2D eigenvalue weighted by molar-refractivity contribution is -0.140. The minimum absolute atomic E-state index is 0.383. The summed E-state index contributed by atoms with van der Waals surface area (Å²) in [7, 11) is 0. The molecule has 0 bridgehead atoms. The lowest BCUT2D eigenvalue weighted by Gasteiger charge is -2.15. The van der Waals surface area contributed by atoms with Crippen molar-refractivity contribution >= 4 is 29.3 Å². The fourth-order valence-electron chi connectivity index (χ4n) is 3.49. The van der Waals surface area contributed by atoms with E-state index in [2.05, 4.69) is 9.69 Å². The summed E-state index contributed by atoms with van der Waals surface area (Å²) in [6.45, 7) is 3.65. The number of nitrogens with zero attached hydrogens (tertiary/aromatic N) is 1. The Morgan fingerprint density at radius 1 is 1.13 bits per heavy atom. The monoisotopic (exact) mass is 422 g/mol. The average molecular weight is 423 g/mol. The smallest absolute Gasteiger partial charge is 0.412 e. The van der Waals surface area contributed by atoms with Crippen molar-refractivity contribution in [1.82, 2.24) is 4.37 Å². The number of aliphatic carboxylic acids is 1. The van der Waals surface area contributed by atoms with Gasteiger partial charge in [-0.05, 0) is 54.9 Å². The van der Waals surface area contributed by atoms with Crippen molar-refractivity contribution in [2.24, 2.45) is 0 Å². The summed E-state index contributed by atoms with van der Waals surface area (Å²) in [5.74, 6) is -0.776. The van der Waals surface area contributed by atoms with Gasteiger partial charge in [0.25, 0.3) is 0 Å². The fourth-order valence-corrected chi connectivity index (χ4v) is 4.34. The third-order valence-corrected chi connectivity index (χ3v) is 6.49. The van der Waals surface area contributed by atoms with E-state index in [9.17, 15) is 14.7 Å². The van der Waals surface area contributed by atoms with E-state index in [-0.39, 0.29) is 6.10 Å². The van der Waals surface area contributed by atoms with E-state index in [0.717, 1.165) is 21.6 Å². The zero-order valence-electron chi connectivity index (χ0n) is 16.7. The fraction of sp³-hybridized carbons (Fsp3) is 0.261. The van der Waals surface area contributed by atoms with E-state index in [0.29, 0.717) is 24.2 Å². The zero-order chi connectivity index (χ0) is 21.3. The van der Waals surface area contributed by atoms with E-state index in [1.54, 1.807) is 0 Å². The SMILES string of the molecule is Cc1nsc(-c2ccc(C3(C(=O)O)CC3)cc2)c1NC(=O)OC(C)c1ccccc1. The molecule has 1 aliphatic carbocycles. The van der Waals surface area contributed by atoms with Gasteiger partial charge in [0.15, 0.2) is 0 Å². The highest BCUT2D eigenvalue weighted by Crippen LogP contribution is 2.49. The molecule has 6 nitrogen and oxygen atoms in total. The second-order valence-electron chi connectivity index (χ2n) is 7.52. The molecule has 1 amide bonds. The van der Waals surface area contributed by atoms with Crippen LogP contribution in [0.25, 0.3) is 10.4 Å². The molecule has 0 radical (unpaired) electrons. The molecule has 0 saturated heterocycles. The molecule has 2 aromatic carbocycles. The minimum atomic E-state index is -0.776. The minimum Gasteiger partial charge on any atom is -0.481 e. The number of amides is 1. The number of aromatic nitrogens is 1. The molecule has 1 aromatic heterocycles. The van der Waals surface area contributed by atoms with Crippen LogP contribution in [-0.2, 0) is 14.9 Å². The number of carbonyl (C=O) groups is 2. The van der Waals surface area contributed by atoms with Crippen LogP contribution in [0.4, 0.5) is 10.5 Å². The molecule has 7 heteroatoms. The Morgan fingerprint density at radius 2 is 1.80 bits per heavy atom. The van der Waals surface area contributed by atoms with Gasteiger partial charge in [-0.2, -0.15) is 4.37 Å². The Hall–Kier alpha value is -3.19. The molecule has 1 unspecified atom stereocenters. The van der Waals surface area contributed by atoms with Crippen LogP contribution in [0, 0.1) is 6.92 Å². The first kappa shape index (κ1) is 20.1. The highest BCUT2D eigenvalue weighted by Gasteiger charge is 2.51. The number of carbonyl (C=O) groups excluding carboxylic acids is 1. The van der Waals surface area contributed by atoms with Gasteiger partial charge in [-0.3, -0.25) is 10.1 Å². The van der Waals surface area contributed by atoms with Crippen molar-refractivity contribution in [1.29, 1.82) is 0 Å². The molecule has 154 valence electrons. The van der Waals surface area contributed by atoms with E-state index in [1.165, 1.54) is 11.5 Å². The van der Waals surface area contributed by atoms with Gasteiger partial charge in [-0.15, -0.1) is 0 Å². The van der Waals surface area contributed by atoms with Gasteiger partial charge < -0.3 is 9.84 Å².